The van der Waals surface area contributed by atoms with Gasteiger partial charge in [0.15, 0.2) is 0 Å². The van der Waals surface area contributed by atoms with Crippen molar-refractivity contribution in [3.8, 4) is 0 Å². The third-order valence-electron chi connectivity index (χ3n) is 3.59. The lowest BCUT2D eigenvalue weighted by Gasteiger charge is -2.19. The fourth-order valence-corrected chi connectivity index (χ4v) is 2.48. The van der Waals surface area contributed by atoms with Gasteiger partial charge in [0.05, 0.1) is 20.3 Å². The van der Waals surface area contributed by atoms with E-state index in [1.165, 1.54) is 20.3 Å². The Bertz CT molecular complexity index is 720. The van der Waals surface area contributed by atoms with Crippen LogP contribution in [0.5, 0.6) is 0 Å². The minimum atomic E-state index is -0.757. The van der Waals surface area contributed by atoms with Gasteiger partial charge in [0.25, 0.3) is 0 Å². The Morgan fingerprint density at radius 1 is 1.22 bits per heavy atom. The lowest BCUT2D eigenvalue weighted by atomic mass is 9.86. The number of ether oxygens (including phenoxy) is 2. The molecule has 1 aromatic rings. The first kappa shape index (κ1) is 16.7. The molecule has 0 fully saturated rings. The van der Waals surface area contributed by atoms with Gasteiger partial charge in [-0.15, -0.1) is 0 Å². The molecule has 0 heterocycles. The van der Waals surface area contributed by atoms with E-state index in [2.05, 4.69) is 14.8 Å². The molecule has 23 heavy (non-hydrogen) atoms. The summed E-state index contributed by atoms with van der Waals surface area (Å²) < 4.78 is 23.5. The molecule has 0 radical (unpaired) electrons. The lowest BCUT2D eigenvalue weighted by Crippen LogP contribution is -2.17. The molecule has 0 spiro atoms. The SMILES string of the molecule is COC(=O)/C=C(/Nc1cc(F)c2c(c1)C=CC2(C)C)C(=O)OC. The van der Waals surface area contributed by atoms with Crippen LogP contribution in [0.25, 0.3) is 6.08 Å². The highest BCUT2D eigenvalue weighted by atomic mass is 19.1. The predicted molar refractivity (Wildman–Crippen MR) is 84.2 cm³/mol. The zero-order valence-electron chi connectivity index (χ0n) is 13.4. The van der Waals surface area contributed by atoms with Crippen molar-refractivity contribution in [1.29, 1.82) is 0 Å². The minimum Gasteiger partial charge on any atom is -0.466 e. The number of fused-ring (bicyclic) bond motifs is 1. The summed E-state index contributed by atoms with van der Waals surface area (Å²) in [6, 6.07) is 2.99. The van der Waals surface area contributed by atoms with E-state index < -0.39 is 11.9 Å². The van der Waals surface area contributed by atoms with Gasteiger partial charge in [-0.2, -0.15) is 0 Å². The molecule has 1 N–H and O–H groups in total. The number of carbonyl (C=O) groups excluding carboxylic acids is 2. The van der Waals surface area contributed by atoms with Crippen molar-refractivity contribution in [3.05, 3.63) is 46.9 Å². The molecule has 0 bridgehead atoms. The van der Waals surface area contributed by atoms with Crippen LogP contribution in [-0.4, -0.2) is 26.2 Å². The molecule has 2 rings (SSSR count). The summed E-state index contributed by atoms with van der Waals surface area (Å²) >= 11 is 0. The van der Waals surface area contributed by atoms with Crippen LogP contribution < -0.4 is 5.32 Å². The highest BCUT2D eigenvalue weighted by Crippen LogP contribution is 2.38. The van der Waals surface area contributed by atoms with Crippen molar-refractivity contribution in [2.75, 3.05) is 19.5 Å². The first-order valence-electron chi connectivity index (χ1n) is 6.96. The van der Waals surface area contributed by atoms with E-state index in [9.17, 15) is 14.0 Å². The predicted octanol–water partition coefficient (Wildman–Crippen LogP) is 2.77. The summed E-state index contributed by atoms with van der Waals surface area (Å²) in [6.07, 6.45) is 4.69. The van der Waals surface area contributed by atoms with E-state index in [1.807, 2.05) is 26.0 Å². The van der Waals surface area contributed by atoms with Gasteiger partial charge in [0.2, 0.25) is 0 Å². The Hall–Kier alpha value is -2.63. The summed E-state index contributed by atoms with van der Waals surface area (Å²) in [6.45, 7) is 3.84. The Kier molecular flexibility index (Phi) is 4.54. The van der Waals surface area contributed by atoms with Crippen LogP contribution in [0.15, 0.2) is 30.0 Å². The Balaban J connectivity index is 2.38. The minimum absolute atomic E-state index is 0.139. The first-order chi connectivity index (χ1) is 10.8. The lowest BCUT2D eigenvalue weighted by molar-refractivity contribution is -0.138. The topological polar surface area (TPSA) is 64.6 Å². The molecule has 0 amide bonds. The summed E-state index contributed by atoms with van der Waals surface area (Å²) in [7, 11) is 2.37. The fraction of sp³-hybridized carbons (Fsp3) is 0.294. The summed E-state index contributed by atoms with van der Waals surface area (Å²) in [5.41, 5.74) is 1.13. The number of hydrogen-bond donors (Lipinski definition) is 1. The average molecular weight is 319 g/mol. The van der Waals surface area contributed by atoms with E-state index in [-0.39, 0.29) is 16.9 Å². The number of allylic oxidation sites excluding steroid dienone is 1. The number of nitrogens with one attached hydrogen (secondary N) is 1. The molecule has 1 aromatic carbocycles. The number of esters is 2. The summed E-state index contributed by atoms with van der Waals surface area (Å²) in [5, 5.41) is 2.70. The first-order valence-corrected chi connectivity index (χ1v) is 6.96. The highest BCUT2D eigenvalue weighted by molar-refractivity contribution is 5.98. The number of methoxy groups -OCH3 is 2. The average Bonchev–Trinajstić information content (AvgIpc) is 2.81. The number of hydrogen-bond acceptors (Lipinski definition) is 5. The van der Waals surface area contributed by atoms with E-state index >= 15 is 0 Å². The smallest absolute Gasteiger partial charge is 0.354 e. The van der Waals surface area contributed by atoms with Crippen LogP contribution in [0.1, 0.15) is 25.0 Å². The summed E-state index contributed by atoms with van der Waals surface area (Å²) in [4.78, 5) is 23.1. The van der Waals surface area contributed by atoms with E-state index in [1.54, 1.807) is 6.07 Å². The molecular weight excluding hydrogens is 301 g/mol. The zero-order valence-corrected chi connectivity index (χ0v) is 13.4. The van der Waals surface area contributed by atoms with Crippen LogP contribution in [0, 0.1) is 5.82 Å². The van der Waals surface area contributed by atoms with Crippen molar-refractivity contribution >= 4 is 23.7 Å². The van der Waals surface area contributed by atoms with Crippen molar-refractivity contribution < 1.29 is 23.5 Å². The van der Waals surface area contributed by atoms with Gasteiger partial charge in [0.1, 0.15) is 11.5 Å². The van der Waals surface area contributed by atoms with E-state index in [0.717, 1.165) is 11.6 Å². The largest absolute Gasteiger partial charge is 0.466 e. The molecule has 0 saturated carbocycles. The molecule has 122 valence electrons. The molecule has 0 aromatic heterocycles. The monoisotopic (exact) mass is 319 g/mol. The molecule has 1 aliphatic carbocycles. The maximum Gasteiger partial charge on any atom is 0.354 e. The summed E-state index contributed by atoms with van der Waals surface area (Å²) in [5.74, 6) is -1.87. The molecular formula is C17H18FNO4. The Labute approximate surface area is 133 Å². The second-order valence-corrected chi connectivity index (χ2v) is 5.68. The third kappa shape index (κ3) is 3.41. The molecule has 0 atom stereocenters. The van der Waals surface area contributed by atoms with Crippen molar-refractivity contribution in [1.82, 2.24) is 0 Å². The second-order valence-electron chi connectivity index (χ2n) is 5.68. The second kappa shape index (κ2) is 6.24. The van der Waals surface area contributed by atoms with Crippen LogP contribution in [0.3, 0.4) is 0 Å². The number of rotatable bonds is 4. The number of halogens is 1. The quantitative estimate of drug-likeness (QED) is 0.683. The van der Waals surface area contributed by atoms with Crippen LogP contribution >= 0.6 is 0 Å². The zero-order chi connectivity index (χ0) is 17.2. The van der Waals surface area contributed by atoms with E-state index in [4.69, 9.17) is 0 Å². The maximum absolute atomic E-state index is 14.4. The highest BCUT2D eigenvalue weighted by Gasteiger charge is 2.29. The standard InChI is InChI=1S/C17H18FNO4/c1-17(2)6-5-10-7-11(8-12(18)15(10)17)19-13(16(21)23-4)9-14(20)22-3/h5-9,19H,1-4H3/b13-9+. The molecule has 5 nitrogen and oxygen atoms in total. The molecule has 0 aliphatic heterocycles. The normalized spacial score (nSPS) is 15.1. The molecule has 6 heteroatoms. The Morgan fingerprint density at radius 2 is 1.91 bits per heavy atom. The van der Waals surface area contributed by atoms with E-state index in [0.29, 0.717) is 11.3 Å². The van der Waals surface area contributed by atoms with Crippen molar-refractivity contribution in [2.24, 2.45) is 0 Å². The fourth-order valence-electron chi connectivity index (χ4n) is 2.48. The van der Waals surface area contributed by atoms with Gasteiger partial charge in [0, 0.05) is 16.7 Å². The molecule has 1 aliphatic rings. The van der Waals surface area contributed by atoms with Gasteiger partial charge >= 0.3 is 11.9 Å². The van der Waals surface area contributed by atoms with Gasteiger partial charge in [-0.25, -0.2) is 14.0 Å². The van der Waals surface area contributed by atoms with Crippen molar-refractivity contribution in [2.45, 2.75) is 19.3 Å². The number of carbonyl (C=O) groups is 2. The third-order valence-corrected chi connectivity index (χ3v) is 3.59. The van der Waals surface area contributed by atoms with Crippen molar-refractivity contribution in [3.63, 3.8) is 0 Å². The van der Waals surface area contributed by atoms with Crippen LogP contribution in [-0.2, 0) is 24.5 Å². The number of anilines is 1. The van der Waals surface area contributed by atoms with Crippen LogP contribution in [0.4, 0.5) is 10.1 Å². The molecule has 0 saturated heterocycles. The number of benzene rings is 1. The Morgan fingerprint density at radius 3 is 2.52 bits per heavy atom. The van der Waals surface area contributed by atoms with Gasteiger partial charge < -0.3 is 14.8 Å². The van der Waals surface area contributed by atoms with Gasteiger partial charge in [-0.05, 0) is 17.7 Å². The maximum atomic E-state index is 14.4. The van der Waals surface area contributed by atoms with Gasteiger partial charge in [-0.3, -0.25) is 0 Å². The molecule has 0 unspecified atom stereocenters. The van der Waals surface area contributed by atoms with Gasteiger partial charge in [-0.1, -0.05) is 26.0 Å². The van der Waals surface area contributed by atoms with Crippen LogP contribution in [0.2, 0.25) is 0 Å².